The molecule has 0 aliphatic heterocycles. The van der Waals surface area contributed by atoms with Crippen molar-refractivity contribution in [3.63, 3.8) is 0 Å². The maximum Gasteiger partial charge on any atom is 0.336 e. The van der Waals surface area contributed by atoms with Crippen LogP contribution in [0, 0.1) is 6.92 Å². The van der Waals surface area contributed by atoms with Crippen molar-refractivity contribution >= 4 is 34.4 Å². The van der Waals surface area contributed by atoms with Gasteiger partial charge < -0.3 is 28.7 Å². The van der Waals surface area contributed by atoms with Gasteiger partial charge in [0.25, 0.3) is 5.91 Å². The number of aryl methyl sites for hydroxylation is 1. The molecule has 3 aromatic carbocycles. The average Bonchev–Trinajstić information content (AvgIpc) is 2.94. The first-order valence-corrected chi connectivity index (χ1v) is 11.9. The summed E-state index contributed by atoms with van der Waals surface area (Å²) in [6, 6.07) is 16.4. The Kier molecular flexibility index (Phi) is 8.30. The quantitative estimate of drug-likeness (QED) is 0.173. The van der Waals surface area contributed by atoms with E-state index in [2.05, 4.69) is 5.32 Å². The van der Waals surface area contributed by atoms with E-state index in [4.69, 9.17) is 23.4 Å². The minimum Gasteiger partial charge on any atom is -0.493 e. The first kappa shape index (κ1) is 27.0. The molecule has 0 aliphatic carbocycles. The van der Waals surface area contributed by atoms with Crippen LogP contribution >= 0.6 is 0 Å². The van der Waals surface area contributed by atoms with Gasteiger partial charge in [0.1, 0.15) is 11.3 Å². The van der Waals surface area contributed by atoms with Crippen molar-refractivity contribution in [1.82, 2.24) is 0 Å². The van der Waals surface area contributed by atoms with E-state index in [0.29, 0.717) is 45.4 Å². The van der Waals surface area contributed by atoms with E-state index >= 15 is 0 Å². The lowest BCUT2D eigenvalue weighted by Gasteiger charge is -2.12. The first-order valence-electron chi connectivity index (χ1n) is 11.9. The van der Waals surface area contributed by atoms with Crippen LogP contribution in [0.2, 0.25) is 0 Å². The summed E-state index contributed by atoms with van der Waals surface area (Å²) in [4.78, 5) is 36.7. The molecular weight excluding hydrogens is 502 g/mol. The molecule has 4 rings (SSSR count). The van der Waals surface area contributed by atoms with Crippen LogP contribution in [-0.4, -0.2) is 39.6 Å². The molecule has 1 amide bonds. The average molecular weight is 530 g/mol. The molecule has 9 nitrogen and oxygen atoms in total. The highest BCUT2D eigenvalue weighted by Crippen LogP contribution is 2.38. The van der Waals surface area contributed by atoms with Crippen LogP contribution in [0.3, 0.4) is 0 Å². The summed E-state index contributed by atoms with van der Waals surface area (Å²) in [5.74, 6) is 1.22. The molecule has 1 heterocycles. The van der Waals surface area contributed by atoms with Crippen molar-refractivity contribution in [2.24, 2.45) is 0 Å². The summed E-state index contributed by atoms with van der Waals surface area (Å²) < 4.78 is 26.7. The fourth-order valence-electron chi connectivity index (χ4n) is 3.92. The van der Waals surface area contributed by atoms with Gasteiger partial charge in [-0.1, -0.05) is 6.08 Å². The van der Waals surface area contributed by atoms with E-state index in [-0.39, 0.29) is 18.3 Å². The lowest BCUT2D eigenvalue weighted by Crippen LogP contribution is -2.20. The molecule has 0 bridgehead atoms. The Morgan fingerprint density at radius 3 is 2.23 bits per heavy atom. The normalized spacial score (nSPS) is 10.9. The van der Waals surface area contributed by atoms with Crippen LogP contribution in [0.5, 0.6) is 23.0 Å². The lowest BCUT2D eigenvalue weighted by molar-refractivity contribution is -0.118. The van der Waals surface area contributed by atoms with Gasteiger partial charge in [0, 0.05) is 28.8 Å². The van der Waals surface area contributed by atoms with Gasteiger partial charge in [-0.05, 0) is 72.7 Å². The topological polar surface area (TPSA) is 113 Å². The van der Waals surface area contributed by atoms with E-state index in [1.807, 2.05) is 6.92 Å². The summed E-state index contributed by atoms with van der Waals surface area (Å²) in [5, 5.41) is 3.51. The molecule has 0 atom stereocenters. The number of carbonyl (C=O) groups is 2. The standard InChI is InChI=1S/C30H27NO8/c1-18-13-29(34)39-25-16-22(10-11-23(18)25)38-17-28(33)31-21-8-6-20(7-9-21)24(32)12-5-19-14-26(35-2)30(37-4)27(15-19)36-3/h5-16H,17H2,1-4H3,(H,31,33)/b12-5+. The molecule has 0 fully saturated rings. The van der Waals surface area contributed by atoms with Crippen LogP contribution < -0.4 is 29.9 Å². The summed E-state index contributed by atoms with van der Waals surface area (Å²) in [6.45, 7) is 1.57. The third-order valence-electron chi connectivity index (χ3n) is 5.86. The van der Waals surface area contributed by atoms with Crippen molar-refractivity contribution in [1.29, 1.82) is 0 Å². The zero-order valence-electron chi connectivity index (χ0n) is 21.9. The molecule has 0 saturated heterocycles. The van der Waals surface area contributed by atoms with Crippen molar-refractivity contribution in [3.8, 4) is 23.0 Å². The Morgan fingerprint density at radius 1 is 0.897 bits per heavy atom. The number of nitrogens with one attached hydrogen (secondary N) is 1. The third kappa shape index (κ3) is 6.45. The second kappa shape index (κ2) is 12.0. The smallest absolute Gasteiger partial charge is 0.336 e. The highest BCUT2D eigenvalue weighted by atomic mass is 16.5. The van der Waals surface area contributed by atoms with E-state index in [9.17, 15) is 14.4 Å². The SMILES string of the molecule is COc1cc(/C=C/C(=O)c2ccc(NC(=O)COc3ccc4c(C)cc(=O)oc4c3)cc2)cc(OC)c1OC. The van der Waals surface area contributed by atoms with Crippen LogP contribution in [-0.2, 0) is 4.79 Å². The Bertz CT molecular complexity index is 1580. The number of methoxy groups -OCH3 is 3. The fraction of sp³-hybridized carbons (Fsp3) is 0.167. The Morgan fingerprint density at radius 2 is 1.59 bits per heavy atom. The molecule has 1 N–H and O–H groups in total. The summed E-state index contributed by atoms with van der Waals surface area (Å²) in [5.41, 5.74) is 2.38. The maximum atomic E-state index is 12.7. The van der Waals surface area contributed by atoms with E-state index in [1.165, 1.54) is 33.5 Å². The maximum absolute atomic E-state index is 12.7. The molecule has 200 valence electrons. The van der Waals surface area contributed by atoms with Crippen molar-refractivity contribution < 1.29 is 33.0 Å². The summed E-state index contributed by atoms with van der Waals surface area (Å²) in [6.07, 6.45) is 3.09. The molecule has 0 radical (unpaired) electrons. The predicted octanol–water partition coefficient (Wildman–Crippen LogP) is 5.04. The van der Waals surface area contributed by atoms with E-state index in [1.54, 1.807) is 60.7 Å². The molecule has 1 aromatic heterocycles. The number of benzene rings is 3. The fourth-order valence-corrected chi connectivity index (χ4v) is 3.92. The van der Waals surface area contributed by atoms with Crippen LogP contribution in [0.4, 0.5) is 5.69 Å². The Balaban J connectivity index is 1.35. The number of hydrogen-bond donors (Lipinski definition) is 1. The highest BCUT2D eigenvalue weighted by Gasteiger charge is 2.13. The van der Waals surface area contributed by atoms with Crippen molar-refractivity contribution in [2.75, 3.05) is 33.3 Å². The number of allylic oxidation sites excluding steroid dienone is 1. The van der Waals surface area contributed by atoms with Crippen molar-refractivity contribution in [3.05, 3.63) is 93.9 Å². The van der Waals surface area contributed by atoms with Gasteiger partial charge >= 0.3 is 5.63 Å². The molecule has 0 unspecified atom stereocenters. The zero-order chi connectivity index (χ0) is 27.9. The molecule has 4 aromatic rings. The van der Waals surface area contributed by atoms with Gasteiger partial charge in [0.15, 0.2) is 23.9 Å². The predicted molar refractivity (Wildman–Crippen MR) is 147 cm³/mol. The minimum atomic E-state index is -0.450. The Labute approximate surface area is 224 Å². The van der Waals surface area contributed by atoms with E-state index < -0.39 is 5.63 Å². The molecule has 0 aliphatic rings. The molecule has 0 spiro atoms. The number of ketones is 1. The van der Waals surface area contributed by atoms with Gasteiger partial charge in [-0.15, -0.1) is 0 Å². The summed E-state index contributed by atoms with van der Waals surface area (Å²) in [7, 11) is 4.56. The third-order valence-corrected chi connectivity index (χ3v) is 5.86. The number of anilines is 1. The number of amides is 1. The highest BCUT2D eigenvalue weighted by molar-refractivity contribution is 6.07. The van der Waals surface area contributed by atoms with Gasteiger partial charge in [-0.25, -0.2) is 4.79 Å². The molecular formula is C30H27NO8. The monoisotopic (exact) mass is 529 g/mol. The molecule has 9 heteroatoms. The summed E-state index contributed by atoms with van der Waals surface area (Å²) >= 11 is 0. The first-order chi connectivity index (χ1) is 18.8. The van der Waals surface area contributed by atoms with Gasteiger partial charge in [0.05, 0.1) is 21.3 Å². The largest absolute Gasteiger partial charge is 0.493 e. The van der Waals surface area contributed by atoms with Crippen LogP contribution in [0.1, 0.15) is 21.5 Å². The van der Waals surface area contributed by atoms with E-state index in [0.717, 1.165) is 10.9 Å². The van der Waals surface area contributed by atoms with Crippen molar-refractivity contribution in [2.45, 2.75) is 6.92 Å². The second-order valence-electron chi connectivity index (χ2n) is 8.48. The zero-order valence-corrected chi connectivity index (χ0v) is 21.9. The number of ether oxygens (including phenoxy) is 4. The number of carbonyl (C=O) groups excluding carboxylic acids is 2. The number of rotatable bonds is 10. The van der Waals surface area contributed by atoms with Crippen LogP contribution in [0.15, 0.2) is 76.0 Å². The van der Waals surface area contributed by atoms with Gasteiger partial charge in [0.2, 0.25) is 5.75 Å². The lowest BCUT2D eigenvalue weighted by atomic mass is 10.1. The van der Waals surface area contributed by atoms with Gasteiger partial charge in [-0.3, -0.25) is 9.59 Å². The van der Waals surface area contributed by atoms with Crippen LogP contribution in [0.25, 0.3) is 17.0 Å². The number of hydrogen-bond acceptors (Lipinski definition) is 8. The number of fused-ring (bicyclic) bond motifs is 1. The molecule has 0 saturated carbocycles. The minimum absolute atomic E-state index is 0.219. The molecule has 39 heavy (non-hydrogen) atoms. The second-order valence-corrected chi connectivity index (χ2v) is 8.48. The Hall–Kier alpha value is -5.05. The van der Waals surface area contributed by atoms with Gasteiger partial charge in [-0.2, -0.15) is 0 Å².